The van der Waals surface area contributed by atoms with Crippen LogP contribution >= 0.6 is 0 Å². The number of hydrogen-bond acceptors (Lipinski definition) is 9. The molecule has 0 fully saturated rings. The van der Waals surface area contributed by atoms with Crippen molar-refractivity contribution in [3.63, 3.8) is 0 Å². The van der Waals surface area contributed by atoms with Crippen LogP contribution in [-0.2, 0) is 33.4 Å². The standard InChI is InChI=1S/C17H21N3O7/c1-9-12(15(22)25-3)14(13(10(2)20-9)16(23)26-4)17(24)27-8-11(21)19-7-5-6-18/h12,14H,5,7-8H2,1-4H3,(H,19,21)/t12?,14-/m0/s1. The van der Waals surface area contributed by atoms with E-state index in [1.54, 1.807) is 0 Å². The normalized spacial score (nSPS) is 18.7. The fourth-order valence-corrected chi connectivity index (χ4v) is 2.63. The number of rotatable bonds is 7. The first kappa shape index (κ1) is 21.8. The van der Waals surface area contributed by atoms with Crippen LogP contribution in [0.1, 0.15) is 20.3 Å². The molecule has 1 unspecified atom stereocenters. The Morgan fingerprint density at radius 3 is 2.33 bits per heavy atom. The van der Waals surface area contributed by atoms with Gasteiger partial charge in [-0.15, -0.1) is 0 Å². The molecule has 146 valence electrons. The molecule has 0 aliphatic carbocycles. The van der Waals surface area contributed by atoms with Crippen molar-refractivity contribution in [2.75, 3.05) is 27.4 Å². The first-order chi connectivity index (χ1) is 12.8. The number of carbonyl (C=O) groups excluding carboxylic acids is 4. The maximum atomic E-state index is 12.6. The van der Waals surface area contributed by atoms with Gasteiger partial charge in [-0.2, -0.15) is 5.26 Å². The number of allylic oxidation sites excluding steroid dienone is 1. The van der Waals surface area contributed by atoms with Crippen LogP contribution in [0.15, 0.2) is 16.3 Å². The van der Waals surface area contributed by atoms with Crippen LogP contribution < -0.4 is 5.32 Å². The minimum atomic E-state index is -1.35. The van der Waals surface area contributed by atoms with Crippen molar-refractivity contribution in [1.29, 1.82) is 5.26 Å². The zero-order chi connectivity index (χ0) is 20.6. The molecule has 0 aromatic carbocycles. The third kappa shape index (κ3) is 5.37. The fourth-order valence-electron chi connectivity index (χ4n) is 2.63. The van der Waals surface area contributed by atoms with E-state index < -0.39 is 42.3 Å². The molecule has 10 heteroatoms. The summed E-state index contributed by atoms with van der Waals surface area (Å²) in [6.45, 7) is 2.50. The Morgan fingerprint density at radius 2 is 1.78 bits per heavy atom. The number of nitrogens with one attached hydrogen (secondary N) is 1. The number of ether oxygens (including phenoxy) is 3. The van der Waals surface area contributed by atoms with Crippen molar-refractivity contribution in [2.24, 2.45) is 16.8 Å². The van der Waals surface area contributed by atoms with Gasteiger partial charge in [0.15, 0.2) is 6.61 Å². The van der Waals surface area contributed by atoms with Crippen LogP contribution in [0.2, 0.25) is 0 Å². The lowest BCUT2D eigenvalue weighted by molar-refractivity contribution is -0.158. The average molecular weight is 379 g/mol. The Balaban J connectivity index is 3.08. The third-order valence-electron chi connectivity index (χ3n) is 3.85. The zero-order valence-electron chi connectivity index (χ0n) is 15.5. The van der Waals surface area contributed by atoms with Crippen LogP contribution in [-0.4, -0.2) is 56.9 Å². The smallest absolute Gasteiger partial charge is 0.336 e. The van der Waals surface area contributed by atoms with Crippen molar-refractivity contribution < 1.29 is 33.4 Å². The average Bonchev–Trinajstić information content (AvgIpc) is 2.64. The number of methoxy groups -OCH3 is 2. The van der Waals surface area contributed by atoms with Crippen molar-refractivity contribution in [3.8, 4) is 6.07 Å². The van der Waals surface area contributed by atoms with Crippen LogP contribution in [0.25, 0.3) is 0 Å². The molecule has 1 N–H and O–H groups in total. The third-order valence-corrected chi connectivity index (χ3v) is 3.85. The Morgan fingerprint density at radius 1 is 1.11 bits per heavy atom. The molecule has 1 amide bonds. The zero-order valence-corrected chi connectivity index (χ0v) is 15.5. The van der Waals surface area contributed by atoms with E-state index >= 15 is 0 Å². The minimum absolute atomic E-state index is 0.108. The highest BCUT2D eigenvalue weighted by molar-refractivity contribution is 6.10. The van der Waals surface area contributed by atoms with Gasteiger partial charge in [-0.25, -0.2) is 4.79 Å². The van der Waals surface area contributed by atoms with Gasteiger partial charge in [0.05, 0.1) is 32.3 Å². The van der Waals surface area contributed by atoms with E-state index in [1.165, 1.54) is 13.8 Å². The van der Waals surface area contributed by atoms with Crippen LogP contribution in [0.3, 0.4) is 0 Å². The molecular weight excluding hydrogens is 358 g/mol. The van der Waals surface area contributed by atoms with E-state index in [2.05, 4.69) is 10.3 Å². The summed E-state index contributed by atoms with van der Waals surface area (Å²) in [5, 5.41) is 10.8. The van der Waals surface area contributed by atoms with Gasteiger partial charge in [-0.3, -0.25) is 19.4 Å². The number of carbonyl (C=O) groups is 4. The van der Waals surface area contributed by atoms with Gasteiger partial charge in [0.1, 0.15) is 11.8 Å². The Hall–Kier alpha value is -3.22. The fraction of sp³-hybridized carbons (Fsp3) is 0.529. The monoisotopic (exact) mass is 379 g/mol. The second-order valence-electron chi connectivity index (χ2n) is 5.59. The maximum Gasteiger partial charge on any atom is 0.336 e. The number of aliphatic imine (C=N–C) groups is 1. The summed E-state index contributed by atoms with van der Waals surface area (Å²) in [6, 6.07) is 1.85. The van der Waals surface area contributed by atoms with Gasteiger partial charge >= 0.3 is 17.9 Å². The molecular formula is C17H21N3O7. The summed E-state index contributed by atoms with van der Waals surface area (Å²) >= 11 is 0. The van der Waals surface area contributed by atoms with Crippen molar-refractivity contribution in [2.45, 2.75) is 20.3 Å². The molecule has 0 bridgehead atoms. The number of hydrogen-bond donors (Lipinski definition) is 1. The highest BCUT2D eigenvalue weighted by atomic mass is 16.5. The number of nitriles is 1. The van der Waals surface area contributed by atoms with Crippen LogP contribution in [0.5, 0.6) is 0 Å². The highest BCUT2D eigenvalue weighted by Gasteiger charge is 2.46. The molecule has 0 aromatic rings. The van der Waals surface area contributed by atoms with E-state index in [1.807, 2.05) is 6.07 Å². The van der Waals surface area contributed by atoms with Gasteiger partial charge in [-0.1, -0.05) is 0 Å². The van der Waals surface area contributed by atoms with Gasteiger partial charge < -0.3 is 19.5 Å². The molecule has 0 saturated heterocycles. The molecule has 0 saturated carbocycles. The molecule has 1 rings (SSSR count). The lowest BCUT2D eigenvalue weighted by atomic mass is 9.80. The summed E-state index contributed by atoms with van der Waals surface area (Å²) in [5.74, 6) is -5.72. The van der Waals surface area contributed by atoms with Gasteiger partial charge in [-0.05, 0) is 13.8 Å². The number of nitrogens with zero attached hydrogens (tertiary/aromatic N) is 2. The number of esters is 3. The van der Waals surface area contributed by atoms with Gasteiger partial charge in [0.25, 0.3) is 5.91 Å². The maximum absolute atomic E-state index is 12.6. The van der Waals surface area contributed by atoms with Crippen molar-refractivity contribution >= 4 is 29.5 Å². The second-order valence-corrected chi connectivity index (χ2v) is 5.59. The largest absolute Gasteiger partial charge is 0.468 e. The molecule has 1 aliphatic rings. The predicted molar refractivity (Wildman–Crippen MR) is 91.0 cm³/mol. The molecule has 0 aromatic heterocycles. The van der Waals surface area contributed by atoms with E-state index in [0.717, 1.165) is 14.2 Å². The first-order valence-electron chi connectivity index (χ1n) is 8.00. The second kappa shape index (κ2) is 10.1. The summed E-state index contributed by atoms with van der Waals surface area (Å²) in [4.78, 5) is 52.7. The predicted octanol–water partition coefficient (Wildman–Crippen LogP) is -0.114. The molecule has 10 nitrogen and oxygen atoms in total. The molecule has 1 heterocycles. The van der Waals surface area contributed by atoms with E-state index in [4.69, 9.17) is 19.5 Å². The molecule has 0 spiro atoms. The topological polar surface area (TPSA) is 144 Å². The van der Waals surface area contributed by atoms with Gasteiger partial charge in [0, 0.05) is 18.0 Å². The molecule has 1 aliphatic heterocycles. The van der Waals surface area contributed by atoms with Crippen molar-refractivity contribution in [1.82, 2.24) is 5.32 Å². The Bertz CT molecular complexity index is 733. The first-order valence-corrected chi connectivity index (χ1v) is 8.00. The molecule has 2 atom stereocenters. The summed E-state index contributed by atoms with van der Waals surface area (Å²) in [7, 11) is 2.27. The Labute approximate surface area is 156 Å². The minimum Gasteiger partial charge on any atom is -0.468 e. The summed E-state index contributed by atoms with van der Waals surface area (Å²) < 4.78 is 14.4. The van der Waals surface area contributed by atoms with E-state index in [9.17, 15) is 19.2 Å². The van der Waals surface area contributed by atoms with Crippen molar-refractivity contribution in [3.05, 3.63) is 11.3 Å². The quantitative estimate of drug-likeness (QED) is 0.366. The lowest BCUT2D eigenvalue weighted by Crippen LogP contribution is -2.43. The Kier molecular flexibility index (Phi) is 8.13. The van der Waals surface area contributed by atoms with Crippen LogP contribution in [0, 0.1) is 23.2 Å². The number of amides is 1. The molecule has 0 radical (unpaired) electrons. The SMILES string of the molecule is COC(=O)C1=C(C)N=C(C)C(C(=O)OC)[C@@H]1C(=O)OCC(=O)NCCC#N. The van der Waals surface area contributed by atoms with E-state index in [0.29, 0.717) is 0 Å². The summed E-state index contributed by atoms with van der Waals surface area (Å²) in [6.07, 6.45) is 0.108. The van der Waals surface area contributed by atoms with E-state index in [-0.39, 0.29) is 29.9 Å². The van der Waals surface area contributed by atoms with Gasteiger partial charge in [0.2, 0.25) is 0 Å². The summed E-state index contributed by atoms with van der Waals surface area (Å²) in [5.41, 5.74) is 0.348. The lowest BCUT2D eigenvalue weighted by Gasteiger charge is -2.29. The highest BCUT2D eigenvalue weighted by Crippen LogP contribution is 2.33. The molecule has 27 heavy (non-hydrogen) atoms. The van der Waals surface area contributed by atoms with Crippen LogP contribution in [0.4, 0.5) is 0 Å².